The van der Waals surface area contributed by atoms with Crippen LogP contribution in [0, 0.1) is 0 Å². The van der Waals surface area contributed by atoms with Gasteiger partial charge in [0.25, 0.3) is 0 Å². The number of carbonyl (C=O) groups is 1. The summed E-state index contributed by atoms with van der Waals surface area (Å²) in [4.78, 5) is 24.6. The number of carbonyl (C=O) groups excluding carboxylic acids is 1. The minimum Gasteiger partial charge on any atom is -0.497 e. The molecular weight excluding hydrogens is 334 g/mol. The van der Waals surface area contributed by atoms with Gasteiger partial charge in [-0.25, -0.2) is 14.8 Å². The van der Waals surface area contributed by atoms with Gasteiger partial charge in [0.05, 0.1) is 13.7 Å². The molecule has 26 heavy (non-hydrogen) atoms. The largest absolute Gasteiger partial charge is 0.497 e. The predicted molar refractivity (Wildman–Crippen MR) is 97.7 cm³/mol. The summed E-state index contributed by atoms with van der Waals surface area (Å²) >= 11 is 0. The van der Waals surface area contributed by atoms with Crippen LogP contribution in [-0.2, 0) is 0 Å². The maximum absolute atomic E-state index is 12.2. The maximum Gasteiger partial charge on any atom is 0.317 e. The van der Waals surface area contributed by atoms with Crippen LogP contribution >= 0.6 is 0 Å². The van der Waals surface area contributed by atoms with Crippen LogP contribution in [-0.4, -0.2) is 67.3 Å². The van der Waals surface area contributed by atoms with Crippen molar-refractivity contribution in [1.29, 1.82) is 0 Å². The minimum absolute atomic E-state index is 0.0760. The first-order valence-electron chi connectivity index (χ1n) is 8.58. The van der Waals surface area contributed by atoms with Crippen molar-refractivity contribution in [2.75, 3.05) is 51.3 Å². The Morgan fingerprint density at radius 1 is 1.12 bits per heavy atom. The molecule has 1 fully saturated rings. The second-order valence-corrected chi connectivity index (χ2v) is 5.78. The Morgan fingerprint density at radius 2 is 1.85 bits per heavy atom. The van der Waals surface area contributed by atoms with Crippen LogP contribution in [0.3, 0.4) is 0 Å². The quantitative estimate of drug-likeness (QED) is 0.787. The van der Waals surface area contributed by atoms with Crippen LogP contribution in [0.4, 0.5) is 10.7 Å². The van der Waals surface area contributed by atoms with Gasteiger partial charge < -0.3 is 24.6 Å². The number of hydrogen-bond donors (Lipinski definition) is 1. The summed E-state index contributed by atoms with van der Waals surface area (Å²) in [6.45, 7) is 3.56. The van der Waals surface area contributed by atoms with E-state index in [2.05, 4.69) is 20.2 Å². The number of piperazine rings is 1. The molecule has 1 aliphatic heterocycles. The Morgan fingerprint density at radius 3 is 2.58 bits per heavy atom. The van der Waals surface area contributed by atoms with Crippen molar-refractivity contribution in [2.45, 2.75) is 0 Å². The lowest BCUT2D eigenvalue weighted by Crippen LogP contribution is -2.52. The highest BCUT2D eigenvalue weighted by Crippen LogP contribution is 2.18. The van der Waals surface area contributed by atoms with Crippen molar-refractivity contribution < 1.29 is 14.3 Å². The maximum atomic E-state index is 12.2. The SMILES string of the molecule is COc1cccc(OCCNC(=O)N2CCN(c3ncccn3)CC2)c1. The molecule has 138 valence electrons. The van der Waals surface area contributed by atoms with E-state index in [1.807, 2.05) is 24.3 Å². The number of urea groups is 1. The molecule has 1 aliphatic rings. The van der Waals surface area contributed by atoms with Gasteiger partial charge in [0, 0.05) is 44.6 Å². The molecule has 2 amide bonds. The Hall–Kier alpha value is -3.03. The summed E-state index contributed by atoms with van der Waals surface area (Å²) in [5.74, 6) is 2.17. The smallest absolute Gasteiger partial charge is 0.317 e. The van der Waals surface area contributed by atoms with Crippen molar-refractivity contribution in [3.05, 3.63) is 42.7 Å². The fourth-order valence-electron chi connectivity index (χ4n) is 2.69. The Labute approximate surface area is 152 Å². The summed E-state index contributed by atoms with van der Waals surface area (Å²) in [6, 6.07) is 9.10. The van der Waals surface area contributed by atoms with Crippen molar-refractivity contribution in [3.8, 4) is 11.5 Å². The molecule has 1 aromatic heterocycles. The molecule has 1 N–H and O–H groups in total. The van der Waals surface area contributed by atoms with E-state index in [4.69, 9.17) is 9.47 Å². The summed E-state index contributed by atoms with van der Waals surface area (Å²) in [6.07, 6.45) is 3.45. The number of nitrogens with one attached hydrogen (secondary N) is 1. The van der Waals surface area contributed by atoms with Crippen molar-refractivity contribution >= 4 is 12.0 Å². The first-order valence-corrected chi connectivity index (χ1v) is 8.58. The summed E-state index contributed by atoms with van der Waals surface area (Å²) < 4.78 is 10.8. The van der Waals surface area contributed by atoms with E-state index >= 15 is 0 Å². The van der Waals surface area contributed by atoms with Gasteiger partial charge in [-0.15, -0.1) is 0 Å². The van der Waals surface area contributed by atoms with Gasteiger partial charge in [-0.3, -0.25) is 0 Å². The zero-order valence-corrected chi connectivity index (χ0v) is 14.8. The molecule has 0 unspecified atom stereocenters. The van der Waals surface area contributed by atoms with Crippen molar-refractivity contribution in [2.24, 2.45) is 0 Å². The van der Waals surface area contributed by atoms with Gasteiger partial charge in [-0.05, 0) is 18.2 Å². The van der Waals surface area contributed by atoms with E-state index in [0.29, 0.717) is 32.2 Å². The first-order chi connectivity index (χ1) is 12.8. The molecule has 3 rings (SSSR count). The third kappa shape index (κ3) is 4.75. The number of hydrogen-bond acceptors (Lipinski definition) is 6. The van der Waals surface area contributed by atoms with Gasteiger partial charge in [-0.2, -0.15) is 0 Å². The molecule has 0 spiro atoms. The van der Waals surface area contributed by atoms with E-state index < -0.39 is 0 Å². The number of benzene rings is 1. The monoisotopic (exact) mass is 357 g/mol. The molecule has 0 bridgehead atoms. The molecule has 2 aromatic rings. The molecule has 0 radical (unpaired) electrons. The second kappa shape index (κ2) is 8.89. The predicted octanol–water partition coefficient (Wildman–Crippen LogP) is 1.40. The third-order valence-electron chi connectivity index (χ3n) is 4.09. The van der Waals surface area contributed by atoms with E-state index in [1.54, 1.807) is 30.5 Å². The van der Waals surface area contributed by atoms with Gasteiger partial charge >= 0.3 is 6.03 Å². The molecule has 8 heteroatoms. The average molecular weight is 357 g/mol. The molecule has 1 saturated heterocycles. The lowest BCUT2D eigenvalue weighted by Gasteiger charge is -2.34. The fourth-order valence-corrected chi connectivity index (χ4v) is 2.69. The fraction of sp³-hybridized carbons (Fsp3) is 0.389. The third-order valence-corrected chi connectivity index (χ3v) is 4.09. The Kier molecular flexibility index (Phi) is 6.08. The number of anilines is 1. The molecule has 1 aromatic carbocycles. The van der Waals surface area contributed by atoms with Crippen molar-refractivity contribution in [1.82, 2.24) is 20.2 Å². The van der Waals surface area contributed by atoms with Crippen LogP contribution in [0.2, 0.25) is 0 Å². The molecule has 2 heterocycles. The van der Waals surface area contributed by atoms with Crippen molar-refractivity contribution in [3.63, 3.8) is 0 Å². The molecular formula is C18H23N5O3. The zero-order valence-electron chi connectivity index (χ0n) is 14.8. The molecule has 8 nitrogen and oxygen atoms in total. The van der Waals surface area contributed by atoms with Crippen LogP contribution in [0.1, 0.15) is 0 Å². The first kappa shape index (κ1) is 17.8. The number of aromatic nitrogens is 2. The average Bonchev–Trinajstić information content (AvgIpc) is 2.72. The van der Waals surface area contributed by atoms with E-state index in [-0.39, 0.29) is 6.03 Å². The summed E-state index contributed by atoms with van der Waals surface area (Å²) in [5.41, 5.74) is 0. The Bertz CT molecular complexity index is 705. The van der Waals surface area contributed by atoms with Gasteiger partial charge in [0.15, 0.2) is 0 Å². The molecule has 0 saturated carbocycles. The standard InChI is InChI=1S/C18H23N5O3/c1-25-15-4-2-5-16(14-15)26-13-8-21-18(24)23-11-9-22(10-12-23)17-19-6-3-7-20-17/h2-7,14H,8-13H2,1H3,(H,21,24). The van der Waals surface area contributed by atoms with Gasteiger partial charge in [-0.1, -0.05) is 6.07 Å². The zero-order chi connectivity index (χ0) is 18.2. The van der Waals surface area contributed by atoms with Gasteiger partial charge in [0.2, 0.25) is 5.95 Å². The molecule has 0 aliphatic carbocycles. The number of methoxy groups -OCH3 is 1. The summed E-state index contributed by atoms with van der Waals surface area (Å²) in [7, 11) is 1.61. The number of nitrogens with zero attached hydrogens (tertiary/aromatic N) is 4. The van der Waals surface area contributed by atoms with Crippen LogP contribution in [0.25, 0.3) is 0 Å². The lowest BCUT2D eigenvalue weighted by molar-refractivity contribution is 0.191. The normalized spacial score (nSPS) is 14.0. The highest BCUT2D eigenvalue weighted by molar-refractivity contribution is 5.74. The topological polar surface area (TPSA) is 79.8 Å². The molecule has 0 atom stereocenters. The number of amides is 2. The van der Waals surface area contributed by atoms with Crippen LogP contribution in [0.15, 0.2) is 42.7 Å². The van der Waals surface area contributed by atoms with Gasteiger partial charge in [0.1, 0.15) is 18.1 Å². The van der Waals surface area contributed by atoms with E-state index in [9.17, 15) is 4.79 Å². The van der Waals surface area contributed by atoms with E-state index in [1.165, 1.54) is 0 Å². The highest BCUT2D eigenvalue weighted by atomic mass is 16.5. The van der Waals surface area contributed by atoms with E-state index in [0.717, 1.165) is 24.6 Å². The Balaban J connectivity index is 1.36. The van der Waals surface area contributed by atoms with Crippen LogP contribution < -0.4 is 19.7 Å². The summed E-state index contributed by atoms with van der Waals surface area (Å²) in [5, 5.41) is 2.89. The lowest BCUT2D eigenvalue weighted by atomic mass is 10.3. The minimum atomic E-state index is -0.0760. The number of rotatable bonds is 6. The second-order valence-electron chi connectivity index (χ2n) is 5.78. The highest BCUT2D eigenvalue weighted by Gasteiger charge is 2.22. The number of ether oxygens (including phenoxy) is 2. The van der Waals surface area contributed by atoms with Crippen LogP contribution in [0.5, 0.6) is 11.5 Å².